The molecule has 1 aromatic heterocycles. The largest absolute Gasteiger partial charge is 0.373 e. The van der Waals surface area contributed by atoms with Crippen LogP contribution in [-0.2, 0) is 11.2 Å². The highest BCUT2D eigenvalue weighted by atomic mass is 16.5. The monoisotopic (exact) mass is 278 g/mol. The Kier molecular flexibility index (Phi) is 5.17. The maximum atomic E-state index is 5.79. The predicted molar refractivity (Wildman–Crippen MR) is 82.3 cm³/mol. The quantitative estimate of drug-likeness (QED) is 0.803. The zero-order chi connectivity index (χ0) is 14.4. The molecule has 2 N–H and O–H groups in total. The van der Waals surface area contributed by atoms with Gasteiger partial charge >= 0.3 is 0 Å². The molecule has 0 amide bonds. The smallest absolute Gasteiger partial charge is 0.132 e. The Morgan fingerprint density at radius 1 is 1.25 bits per heavy atom. The average Bonchev–Trinajstić information content (AvgIpc) is 2.90. The minimum atomic E-state index is -0.0612. The van der Waals surface area contributed by atoms with E-state index < -0.39 is 0 Å². The van der Waals surface area contributed by atoms with Crippen molar-refractivity contribution in [1.29, 1.82) is 0 Å². The lowest BCUT2D eigenvalue weighted by atomic mass is 10.0. The van der Waals surface area contributed by atoms with E-state index in [1.807, 2.05) is 6.07 Å². The lowest BCUT2D eigenvalue weighted by molar-refractivity contribution is 0.0314. The second-order valence-corrected chi connectivity index (χ2v) is 5.59. The number of nitrogens with one attached hydrogen (secondary N) is 2. The molecule has 0 saturated carbocycles. The first-order valence-electron chi connectivity index (χ1n) is 7.65. The maximum absolute atomic E-state index is 5.79. The van der Waals surface area contributed by atoms with Crippen molar-refractivity contribution in [2.45, 2.75) is 52.1 Å². The zero-order valence-corrected chi connectivity index (χ0v) is 12.8. The van der Waals surface area contributed by atoms with Crippen LogP contribution in [0.3, 0.4) is 0 Å². The number of hydrogen-bond donors (Lipinski definition) is 2. The van der Waals surface area contributed by atoms with E-state index in [1.165, 1.54) is 0 Å². The third kappa shape index (κ3) is 4.07. The number of nitrogens with zero attached hydrogens (tertiary/aromatic N) is 2. The highest BCUT2D eigenvalue weighted by Crippen LogP contribution is 2.25. The van der Waals surface area contributed by atoms with Crippen molar-refractivity contribution in [3.8, 4) is 0 Å². The molecule has 2 heterocycles. The van der Waals surface area contributed by atoms with Gasteiger partial charge in [-0.3, -0.25) is 0 Å². The number of aromatic nitrogens is 2. The van der Waals surface area contributed by atoms with Crippen LogP contribution >= 0.6 is 0 Å². The van der Waals surface area contributed by atoms with E-state index in [2.05, 4.69) is 41.4 Å². The first kappa shape index (κ1) is 15.0. The summed E-state index contributed by atoms with van der Waals surface area (Å²) in [6, 6.07) is 1.98. The molecule has 112 valence electrons. The first-order chi connectivity index (χ1) is 9.65. The van der Waals surface area contributed by atoms with E-state index in [1.54, 1.807) is 0 Å². The number of hydrogen-bond acceptors (Lipinski definition) is 5. The molecule has 0 bridgehead atoms. The molecular weight excluding hydrogens is 252 g/mol. The van der Waals surface area contributed by atoms with Crippen LogP contribution < -0.4 is 10.6 Å². The average molecular weight is 278 g/mol. The Morgan fingerprint density at radius 3 is 2.60 bits per heavy atom. The minimum Gasteiger partial charge on any atom is -0.373 e. The van der Waals surface area contributed by atoms with Gasteiger partial charge in [0.25, 0.3) is 0 Å². The molecule has 1 fully saturated rings. The van der Waals surface area contributed by atoms with Gasteiger partial charge in [0.15, 0.2) is 0 Å². The molecule has 0 radical (unpaired) electrons. The molecule has 5 heteroatoms. The SMILES string of the molecule is CCCNc1cc(NCC2(C)CCCO2)nc(CC)n1. The van der Waals surface area contributed by atoms with Crippen molar-refractivity contribution in [1.82, 2.24) is 9.97 Å². The fraction of sp³-hybridized carbons (Fsp3) is 0.733. The summed E-state index contributed by atoms with van der Waals surface area (Å²) >= 11 is 0. The van der Waals surface area contributed by atoms with Crippen LogP contribution in [0.5, 0.6) is 0 Å². The fourth-order valence-electron chi connectivity index (χ4n) is 2.34. The molecular formula is C15H26N4O. The zero-order valence-electron chi connectivity index (χ0n) is 12.8. The van der Waals surface area contributed by atoms with E-state index in [4.69, 9.17) is 4.74 Å². The Hall–Kier alpha value is -1.36. The highest BCUT2D eigenvalue weighted by molar-refractivity contribution is 5.47. The van der Waals surface area contributed by atoms with Crippen molar-refractivity contribution < 1.29 is 4.74 Å². The summed E-state index contributed by atoms with van der Waals surface area (Å²) in [7, 11) is 0. The standard InChI is InChI=1S/C15H26N4O/c1-4-8-16-13-10-14(19-12(5-2)18-13)17-11-15(3)7-6-9-20-15/h10H,4-9,11H2,1-3H3,(H2,16,17,18,19). The van der Waals surface area contributed by atoms with Gasteiger partial charge in [0.05, 0.1) is 5.60 Å². The van der Waals surface area contributed by atoms with Crippen LogP contribution in [0.15, 0.2) is 6.07 Å². The van der Waals surface area contributed by atoms with E-state index in [-0.39, 0.29) is 5.60 Å². The number of rotatable bonds is 7. The van der Waals surface area contributed by atoms with Crippen LogP contribution in [0, 0.1) is 0 Å². The summed E-state index contributed by atoms with van der Waals surface area (Å²) in [4.78, 5) is 9.03. The van der Waals surface area contributed by atoms with Gasteiger partial charge in [0.1, 0.15) is 17.5 Å². The lowest BCUT2D eigenvalue weighted by Crippen LogP contribution is -2.32. The Bertz CT molecular complexity index is 430. The van der Waals surface area contributed by atoms with Crippen LogP contribution in [-0.4, -0.2) is 35.3 Å². The van der Waals surface area contributed by atoms with Gasteiger partial charge in [0, 0.05) is 32.2 Å². The Morgan fingerprint density at radius 2 is 2.00 bits per heavy atom. The van der Waals surface area contributed by atoms with Crippen LogP contribution in [0.25, 0.3) is 0 Å². The number of aryl methyl sites for hydroxylation is 1. The van der Waals surface area contributed by atoms with Gasteiger partial charge in [-0.2, -0.15) is 0 Å². The molecule has 1 atom stereocenters. The molecule has 0 aromatic carbocycles. The third-order valence-electron chi connectivity index (χ3n) is 3.59. The van der Waals surface area contributed by atoms with Crippen molar-refractivity contribution in [2.75, 3.05) is 30.3 Å². The van der Waals surface area contributed by atoms with Gasteiger partial charge in [-0.25, -0.2) is 9.97 Å². The van der Waals surface area contributed by atoms with E-state index >= 15 is 0 Å². The normalized spacial score (nSPS) is 21.9. The Labute approximate surface area is 121 Å². The minimum absolute atomic E-state index is 0.0612. The van der Waals surface area contributed by atoms with Crippen molar-refractivity contribution in [3.05, 3.63) is 11.9 Å². The third-order valence-corrected chi connectivity index (χ3v) is 3.59. The van der Waals surface area contributed by atoms with E-state index in [0.29, 0.717) is 0 Å². The molecule has 1 aliphatic heterocycles. The van der Waals surface area contributed by atoms with Gasteiger partial charge in [-0.15, -0.1) is 0 Å². The highest BCUT2D eigenvalue weighted by Gasteiger charge is 2.29. The van der Waals surface area contributed by atoms with Gasteiger partial charge in [-0.1, -0.05) is 13.8 Å². The van der Waals surface area contributed by atoms with Crippen LogP contribution in [0.4, 0.5) is 11.6 Å². The van der Waals surface area contributed by atoms with Gasteiger partial charge < -0.3 is 15.4 Å². The summed E-state index contributed by atoms with van der Waals surface area (Å²) in [6.07, 6.45) is 4.17. The summed E-state index contributed by atoms with van der Waals surface area (Å²) in [5.41, 5.74) is -0.0612. The second-order valence-electron chi connectivity index (χ2n) is 5.59. The maximum Gasteiger partial charge on any atom is 0.132 e. The van der Waals surface area contributed by atoms with Gasteiger partial charge in [-0.05, 0) is 26.2 Å². The molecule has 1 aliphatic rings. The van der Waals surface area contributed by atoms with Crippen LogP contribution in [0.2, 0.25) is 0 Å². The first-order valence-corrected chi connectivity index (χ1v) is 7.65. The topological polar surface area (TPSA) is 59.1 Å². The van der Waals surface area contributed by atoms with Crippen molar-refractivity contribution in [2.24, 2.45) is 0 Å². The predicted octanol–water partition coefficient (Wildman–Crippen LogP) is 2.84. The number of anilines is 2. The summed E-state index contributed by atoms with van der Waals surface area (Å²) in [5.74, 6) is 2.65. The molecule has 5 nitrogen and oxygen atoms in total. The van der Waals surface area contributed by atoms with Crippen molar-refractivity contribution in [3.63, 3.8) is 0 Å². The molecule has 1 unspecified atom stereocenters. The summed E-state index contributed by atoms with van der Waals surface area (Å²) in [6.45, 7) is 8.97. The molecule has 1 saturated heterocycles. The van der Waals surface area contributed by atoms with Crippen LogP contribution in [0.1, 0.15) is 45.9 Å². The molecule has 0 aliphatic carbocycles. The second kappa shape index (κ2) is 6.88. The molecule has 2 rings (SSSR count). The summed E-state index contributed by atoms with van der Waals surface area (Å²) < 4.78 is 5.79. The Balaban J connectivity index is 2.01. The van der Waals surface area contributed by atoms with E-state index in [9.17, 15) is 0 Å². The summed E-state index contributed by atoms with van der Waals surface area (Å²) in [5, 5.41) is 6.73. The molecule has 20 heavy (non-hydrogen) atoms. The molecule has 1 aromatic rings. The van der Waals surface area contributed by atoms with Crippen molar-refractivity contribution >= 4 is 11.6 Å². The van der Waals surface area contributed by atoms with E-state index in [0.717, 1.165) is 62.8 Å². The fourth-order valence-corrected chi connectivity index (χ4v) is 2.34. The van der Waals surface area contributed by atoms with Gasteiger partial charge in [0.2, 0.25) is 0 Å². The lowest BCUT2D eigenvalue weighted by Gasteiger charge is -2.23. The number of ether oxygens (including phenoxy) is 1. The molecule has 0 spiro atoms.